The average molecular weight is 323 g/mol. The van der Waals surface area contributed by atoms with Crippen LogP contribution in [0, 0.1) is 0 Å². The number of fused-ring (bicyclic) bond motifs is 1. The maximum absolute atomic E-state index is 13.0. The Hall–Kier alpha value is -2.63. The van der Waals surface area contributed by atoms with Crippen molar-refractivity contribution in [1.82, 2.24) is 19.1 Å². The van der Waals surface area contributed by atoms with Crippen LogP contribution in [-0.4, -0.2) is 25.6 Å². The number of aryl methyl sites for hydroxylation is 2. The van der Waals surface area contributed by atoms with Crippen LogP contribution in [-0.2, 0) is 13.6 Å². The number of hydrogen-bond acceptors (Lipinski definition) is 4. The van der Waals surface area contributed by atoms with Crippen molar-refractivity contribution in [2.45, 2.75) is 32.4 Å². The van der Waals surface area contributed by atoms with Crippen molar-refractivity contribution in [2.24, 2.45) is 7.05 Å². The zero-order valence-electron chi connectivity index (χ0n) is 14.0. The van der Waals surface area contributed by atoms with E-state index in [0.717, 1.165) is 36.1 Å². The van der Waals surface area contributed by atoms with Crippen LogP contribution in [0.5, 0.6) is 0 Å². The molecule has 24 heavy (non-hydrogen) atoms. The molecule has 2 aromatic heterocycles. The number of nitrogens with zero attached hydrogens (tertiary/aromatic N) is 5. The third-order valence-corrected chi connectivity index (χ3v) is 4.87. The predicted octanol–water partition coefficient (Wildman–Crippen LogP) is 2.49. The van der Waals surface area contributed by atoms with Crippen LogP contribution >= 0.6 is 0 Å². The van der Waals surface area contributed by atoms with Gasteiger partial charge in [-0.15, -0.1) is 0 Å². The van der Waals surface area contributed by atoms with Gasteiger partial charge in [-0.25, -0.2) is 9.97 Å². The first-order valence-corrected chi connectivity index (χ1v) is 8.43. The van der Waals surface area contributed by atoms with E-state index in [-0.39, 0.29) is 11.6 Å². The molecule has 1 aliphatic rings. The smallest absolute Gasteiger partial charge is 0.294 e. The van der Waals surface area contributed by atoms with Crippen LogP contribution in [0.15, 0.2) is 41.6 Å². The van der Waals surface area contributed by atoms with Crippen molar-refractivity contribution in [1.29, 1.82) is 0 Å². The second-order valence-electron chi connectivity index (χ2n) is 6.25. The molecule has 1 fully saturated rings. The molecule has 0 spiro atoms. The Kier molecular flexibility index (Phi) is 3.59. The first-order chi connectivity index (χ1) is 11.7. The highest BCUT2D eigenvalue weighted by Crippen LogP contribution is 2.34. The lowest BCUT2D eigenvalue weighted by Gasteiger charge is -2.26. The highest BCUT2D eigenvalue weighted by atomic mass is 16.1. The van der Waals surface area contributed by atoms with Crippen molar-refractivity contribution in [2.75, 3.05) is 11.4 Å². The maximum Gasteiger partial charge on any atom is 0.294 e. The summed E-state index contributed by atoms with van der Waals surface area (Å²) < 4.78 is 3.85. The van der Waals surface area contributed by atoms with E-state index < -0.39 is 0 Å². The Morgan fingerprint density at radius 2 is 2.12 bits per heavy atom. The number of hydrogen-bond donors (Lipinski definition) is 0. The third kappa shape index (κ3) is 2.21. The van der Waals surface area contributed by atoms with Gasteiger partial charge in [0.1, 0.15) is 0 Å². The molecule has 0 radical (unpaired) electrons. The van der Waals surface area contributed by atoms with Crippen molar-refractivity contribution in [3.8, 4) is 0 Å². The van der Waals surface area contributed by atoms with Gasteiger partial charge in [0.15, 0.2) is 5.82 Å². The van der Waals surface area contributed by atoms with Crippen molar-refractivity contribution >= 4 is 16.9 Å². The molecule has 0 bridgehead atoms. The molecule has 0 saturated carbocycles. The van der Waals surface area contributed by atoms with Crippen LogP contribution < -0.4 is 10.5 Å². The van der Waals surface area contributed by atoms with E-state index in [1.165, 1.54) is 0 Å². The number of anilines is 1. The summed E-state index contributed by atoms with van der Waals surface area (Å²) in [4.78, 5) is 24.1. The molecule has 1 saturated heterocycles. The summed E-state index contributed by atoms with van der Waals surface area (Å²) in [6.07, 6.45) is 5.77. The van der Waals surface area contributed by atoms with Crippen LogP contribution in [0.4, 0.5) is 5.82 Å². The first-order valence-electron chi connectivity index (χ1n) is 8.43. The van der Waals surface area contributed by atoms with Gasteiger partial charge >= 0.3 is 0 Å². The van der Waals surface area contributed by atoms with E-state index in [1.807, 2.05) is 59.9 Å². The minimum atomic E-state index is -0.00901. The van der Waals surface area contributed by atoms with Crippen LogP contribution in [0.2, 0.25) is 0 Å². The number of rotatable bonds is 3. The molecule has 1 aliphatic heterocycles. The van der Waals surface area contributed by atoms with Crippen LogP contribution in [0.25, 0.3) is 11.0 Å². The largest absolute Gasteiger partial charge is 0.343 e. The fourth-order valence-electron chi connectivity index (χ4n) is 3.70. The highest BCUT2D eigenvalue weighted by molar-refractivity contribution is 5.76. The number of aromatic nitrogens is 4. The second kappa shape index (κ2) is 5.78. The van der Waals surface area contributed by atoms with Gasteiger partial charge < -0.3 is 14.0 Å². The summed E-state index contributed by atoms with van der Waals surface area (Å²) in [6, 6.07) is 8.00. The summed E-state index contributed by atoms with van der Waals surface area (Å²) in [5.74, 6) is 0.555. The van der Waals surface area contributed by atoms with Gasteiger partial charge in [0.05, 0.1) is 35.3 Å². The van der Waals surface area contributed by atoms with Gasteiger partial charge in [0.25, 0.3) is 5.56 Å². The fraction of sp³-hybridized carbons (Fsp3) is 0.389. The minimum Gasteiger partial charge on any atom is -0.343 e. The molecule has 0 unspecified atom stereocenters. The first kappa shape index (κ1) is 14.9. The van der Waals surface area contributed by atoms with Crippen molar-refractivity contribution < 1.29 is 0 Å². The average Bonchev–Trinajstić information content (AvgIpc) is 3.22. The Bertz CT molecular complexity index is 942. The van der Waals surface area contributed by atoms with Gasteiger partial charge in [-0.1, -0.05) is 12.1 Å². The second-order valence-corrected chi connectivity index (χ2v) is 6.25. The molecule has 124 valence electrons. The van der Waals surface area contributed by atoms with Gasteiger partial charge in [-0.2, -0.15) is 0 Å². The summed E-state index contributed by atoms with van der Waals surface area (Å²) >= 11 is 0. The number of benzene rings is 1. The monoisotopic (exact) mass is 323 g/mol. The van der Waals surface area contributed by atoms with Gasteiger partial charge in [0.2, 0.25) is 0 Å². The predicted molar refractivity (Wildman–Crippen MR) is 94.2 cm³/mol. The summed E-state index contributed by atoms with van der Waals surface area (Å²) in [7, 11) is 2.00. The molecular formula is C18H21N5O. The molecule has 4 rings (SSSR count). The van der Waals surface area contributed by atoms with Crippen LogP contribution in [0.3, 0.4) is 0 Å². The lowest BCUT2D eigenvalue weighted by molar-refractivity contribution is 0.642. The SMILES string of the molecule is CCn1c(=O)c(N2CCC[C@@H]2c2cncn2C)nc2ccccc21. The van der Waals surface area contributed by atoms with E-state index >= 15 is 0 Å². The molecule has 0 aliphatic carbocycles. The number of para-hydroxylation sites is 2. The molecular weight excluding hydrogens is 302 g/mol. The highest BCUT2D eigenvalue weighted by Gasteiger charge is 2.31. The van der Waals surface area contributed by atoms with E-state index in [0.29, 0.717) is 12.4 Å². The molecule has 1 atom stereocenters. The standard InChI is InChI=1S/C18H21N5O/c1-3-22-14-8-5-4-7-13(14)20-17(18(22)24)23-10-6-9-15(23)16-11-19-12-21(16)2/h4-5,7-8,11-12,15H,3,6,9-10H2,1-2H3/t15-/m1/s1. The van der Waals surface area contributed by atoms with E-state index in [1.54, 1.807) is 0 Å². The lowest BCUT2D eigenvalue weighted by atomic mass is 10.1. The Morgan fingerprint density at radius 1 is 1.29 bits per heavy atom. The fourth-order valence-corrected chi connectivity index (χ4v) is 3.70. The zero-order valence-corrected chi connectivity index (χ0v) is 14.0. The van der Waals surface area contributed by atoms with Gasteiger partial charge in [-0.3, -0.25) is 4.79 Å². The Labute approximate surface area is 140 Å². The Morgan fingerprint density at radius 3 is 2.88 bits per heavy atom. The topological polar surface area (TPSA) is 56.0 Å². The normalized spacial score (nSPS) is 17.8. The Balaban J connectivity index is 1.88. The van der Waals surface area contributed by atoms with Gasteiger partial charge in [0, 0.05) is 20.1 Å². The molecule has 1 aromatic carbocycles. The molecule has 6 nitrogen and oxygen atoms in total. The molecule has 3 aromatic rings. The zero-order chi connectivity index (χ0) is 16.7. The van der Waals surface area contributed by atoms with Crippen molar-refractivity contribution in [3.63, 3.8) is 0 Å². The van der Waals surface area contributed by atoms with Crippen LogP contribution in [0.1, 0.15) is 31.5 Å². The summed E-state index contributed by atoms with van der Waals surface area (Å²) in [5.41, 5.74) is 2.88. The summed E-state index contributed by atoms with van der Waals surface area (Å²) in [6.45, 7) is 3.49. The molecule has 0 N–H and O–H groups in total. The third-order valence-electron chi connectivity index (χ3n) is 4.87. The lowest BCUT2D eigenvalue weighted by Crippen LogP contribution is -2.34. The quantitative estimate of drug-likeness (QED) is 0.743. The maximum atomic E-state index is 13.0. The van der Waals surface area contributed by atoms with E-state index in [9.17, 15) is 4.79 Å². The van der Waals surface area contributed by atoms with E-state index in [4.69, 9.17) is 4.98 Å². The summed E-state index contributed by atoms with van der Waals surface area (Å²) in [5, 5.41) is 0. The molecule has 0 amide bonds. The van der Waals surface area contributed by atoms with Crippen molar-refractivity contribution in [3.05, 3.63) is 52.8 Å². The van der Waals surface area contributed by atoms with Gasteiger partial charge in [-0.05, 0) is 31.9 Å². The minimum absolute atomic E-state index is 0.00901. The molecule has 3 heterocycles. The molecule has 6 heteroatoms. The number of imidazole rings is 1. The van der Waals surface area contributed by atoms with E-state index in [2.05, 4.69) is 9.88 Å².